The Morgan fingerprint density at radius 1 is 1.17 bits per heavy atom. The zero-order valence-corrected chi connectivity index (χ0v) is 15.3. The van der Waals surface area contributed by atoms with Gasteiger partial charge in [0.05, 0.1) is 6.61 Å². The molecule has 0 spiro atoms. The van der Waals surface area contributed by atoms with Gasteiger partial charge in [-0.25, -0.2) is 0 Å². The lowest BCUT2D eigenvalue weighted by molar-refractivity contribution is 0.0748. The van der Waals surface area contributed by atoms with Crippen molar-refractivity contribution in [1.82, 2.24) is 10.2 Å². The Bertz CT molecular complexity index is 521. The molecule has 2 aliphatic heterocycles. The number of nitrogens with zero attached hydrogens (tertiary/aromatic N) is 1. The number of carbonyl (C=O) groups excluding carboxylic acids is 1. The fourth-order valence-electron chi connectivity index (χ4n) is 3.55. The number of unbranched alkanes of at least 4 members (excludes halogenated alkanes) is 2. The van der Waals surface area contributed by atoms with Crippen LogP contribution in [0.25, 0.3) is 0 Å². The number of nitrogens with one attached hydrogen (secondary N) is 1. The van der Waals surface area contributed by atoms with Crippen LogP contribution in [0.1, 0.15) is 55.8 Å². The van der Waals surface area contributed by atoms with Crippen LogP contribution < -0.4 is 10.1 Å². The quantitative estimate of drug-likeness (QED) is 0.795. The summed E-state index contributed by atoms with van der Waals surface area (Å²) in [4.78, 5) is 14.7. The molecule has 0 aromatic heterocycles. The van der Waals surface area contributed by atoms with Crippen molar-refractivity contribution < 1.29 is 9.53 Å². The van der Waals surface area contributed by atoms with E-state index in [1.54, 1.807) is 0 Å². The molecule has 4 nitrogen and oxygen atoms in total. The molecule has 134 valence electrons. The van der Waals surface area contributed by atoms with Gasteiger partial charge in [0.15, 0.2) is 0 Å². The molecule has 2 saturated heterocycles. The van der Waals surface area contributed by atoms with Gasteiger partial charge in [0.25, 0.3) is 5.91 Å². The standard InChI is InChI=1S/C19H28N2O2.ClH/c1-2-3-4-13-23-18-9-5-15(6-10-18)19(22)21-12-11-16-7-8-17(14-21)20-16;/h5-6,9-10,16-17,20H,2-4,7-8,11-14H2,1H3;1H. The number of carbonyl (C=O) groups is 1. The first-order chi connectivity index (χ1) is 11.3. The Hall–Kier alpha value is -1.26. The SMILES string of the molecule is CCCCCOc1ccc(C(=O)N2CCC3CCC(C2)N3)cc1.Cl. The number of ether oxygens (including phenoxy) is 1. The summed E-state index contributed by atoms with van der Waals surface area (Å²) in [5.74, 6) is 1.01. The van der Waals surface area contributed by atoms with Crippen LogP contribution in [-0.4, -0.2) is 42.6 Å². The maximum Gasteiger partial charge on any atom is 0.253 e. The van der Waals surface area contributed by atoms with Gasteiger partial charge in [0, 0.05) is 30.7 Å². The van der Waals surface area contributed by atoms with Crippen LogP contribution in [0, 0.1) is 0 Å². The van der Waals surface area contributed by atoms with Gasteiger partial charge < -0.3 is 15.0 Å². The fraction of sp³-hybridized carbons (Fsp3) is 0.632. The van der Waals surface area contributed by atoms with Gasteiger partial charge in [-0.15, -0.1) is 12.4 Å². The third-order valence-electron chi connectivity index (χ3n) is 4.93. The normalized spacial score (nSPS) is 22.6. The molecule has 0 aliphatic carbocycles. The first-order valence-corrected chi connectivity index (χ1v) is 9.04. The topological polar surface area (TPSA) is 41.6 Å². The number of hydrogen-bond acceptors (Lipinski definition) is 3. The predicted molar refractivity (Wildman–Crippen MR) is 99.2 cm³/mol. The Kier molecular flexibility index (Phi) is 7.38. The molecule has 1 aromatic carbocycles. The summed E-state index contributed by atoms with van der Waals surface area (Å²) in [6, 6.07) is 8.72. The lowest BCUT2D eigenvalue weighted by Gasteiger charge is -2.24. The lowest BCUT2D eigenvalue weighted by atomic mass is 10.1. The third-order valence-corrected chi connectivity index (χ3v) is 4.93. The second-order valence-corrected chi connectivity index (χ2v) is 6.76. The van der Waals surface area contributed by atoms with E-state index in [1.807, 2.05) is 29.2 Å². The monoisotopic (exact) mass is 352 g/mol. The number of benzene rings is 1. The van der Waals surface area contributed by atoms with Crippen molar-refractivity contribution in [2.45, 2.75) is 57.5 Å². The third kappa shape index (κ3) is 4.87. The van der Waals surface area contributed by atoms with Crippen molar-refractivity contribution in [2.75, 3.05) is 19.7 Å². The molecule has 1 amide bonds. The number of rotatable bonds is 6. The van der Waals surface area contributed by atoms with Crippen molar-refractivity contribution in [3.8, 4) is 5.75 Å². The minimum absolute atomic E-state index is 0. The van der Waals surface area contributed by atoms with E-state index < -0.39 is 0 Å². The number of amides is 1. The molecule has 24 heavy (non-hydrogen) atoms. The molecule has 2 aliphatic rings. The molecule has 2 atom stereocenters. The molecule has 1 aromatic rings. The molecular weight excluding hydrogens is 324 g/mol. The van der Waals surface area contributed by atoms with Crippen LogP contribution in [0.3, 0.4) is 0 Å². The van der Waals surface area contributed by atoms with E-state index in [9.17, 15) is 4.79 Å². The zero-order chi connectivity index (χ0) is 16.1. The number of halogens is 1. The van der Waals surface area contributed by atoms with Gasteiger partial charge in [-0.2, -0.15) is 0 Å². The largest absolute Gasteiger partial charge is 0.494 e. The van der Waals surface area contributed by atoms with E-state index in [4.69, 9.17) is 4.74 Å². The highest BCUT2D eigenvalue weighted by Crippen LogP contribution is 2.22. The summed E-state index contributed by atoms with van der Waals surface area (Å²) in [5.41, 5.74) is 0.767. The minimum atomic E-state index is 0. The Balaban J connectivity index is 0.00000208. The maximum absolute atomic E-state index is 12.7. The van der Waals surface area contributed by atoms with E-state index in [1.165, 1.54) is 25.7 Å². The highest BCUT2D eigenvalue weighted by atomic mass is 35.5. The van der Waals surface area contributed by atoms with Crippen LogP contribution in [0.5, 0.6) is 5.75 Å². The summed E-state index contributed by atoms with van der Waals surface area (Å²) < 4.78 is 5.71. The van der Waals surface area contributed by atoms with E-state index in [0.29, 0.717) is 12.1 Å². The fourth-order valence-corrected chi connectivity index (χ4v) is 3.55. The van der Waals surface area contributed by atoms with Crippen molar-refractivity contribution in [1.29, 1.82) is 0 Å². The molecular formula is C19H29ClN2O2. The molecule has 2 fully saturated rings. The molecule has 2 unspecified atom stereocenters. The molecule has 0 radical (unpaired) electrons. The van der Waals surface area contributed by atoms with Gasteiger partial charge in [0.2, 0.25) is 0 Å². The number of likely N-dealkylation sites (tertiary alicyclic amines) is 1. The second kappa shape index (κ2) is 9.28. The predicted octanol–water partition coefficient (Wildman–Crippen LogP) is 3.64. The number of fused-ring (bicyclic) bond motifs is 2. The first-order valence-electron chi connectivity index (χ1n) is 9.04. The Morgan fingerprint density at radius 2 is 1.92 bits per heavy atom. The van der Waals surface area contributed by atoms with E-state index in [0.717, 1.165) is 43.9 Å². The Morgan fingerprint density at radius 3 is 2.67 bits per heavy atom. The van der Waals surface area contributed by atoms with Crippen molar-refractivity contribution in [3.63, 3.8) is 0 Å². The minimum Gasteiger partial charge on any atom is -0.494 e. The van der Waals surface area contributed by atoms with Crippen LogP contribution in [0.2, 0.25) is 0 Å². The molecule has 0 saturated carbocycles. The van der Waals surface area contributed by atoms with Crippen molar-refractivity contribution >= 4 is 18.3 Å². The van der Waals surface area contributed by atoms with Gasteiger partial charge >= 0.3 is 0 Å². The van der Waals surface area contributed by atoms with E-state index in [-0.39, 0.29) is 18.3 Å². The summed E-state index contributed by atoms with van der Waals surface area (Å²) >= 11 is 0. The molecule has 2 bridgehead atoms. The lowest BCUT2D eigenvalue weighted by Crippen LogP contribution is -2.39. The van der Waals surface area contributed by atoms with Crippen LogP contribution in [0.4, 0.5) is 0 Å². The summed E-state index contributed by atoms with van der Waals surface area (Å²) in [7, 11) is 0. The van der Waals surface area contributed by atoms with Gasteiger partial charge in [-0.3, -0.25) is 4.79 Å². The smallest absolute Gasteiger partial charge is 0.253 e. The van der Waals surface area contributed by atoms with Gasteiger partial charge in [-0.1, -0.05) is 19.8 Å². The summed E-state index contributed by atoms with van der Waals surface area (Å²) in [5, 5.41) is 3.62. The van der Waals surface area contributed by atoms with E-state index >= 15 is 0 Å². The molecule has 3 rings (SSSR count). The van der Waals surface area contributed by atoms with Crippen LogP contribution in [0.15, 0.2) is 24.3 Å². The molecule has 1 N–H and O–H groups in total. The average Bonchev–Trinajstić information content (AvgIpc) is 2.91. The summed E-state index contributed by atoms with van der Waals surface area (Å²) in [6.07, 6.45) is 7.00. The second-order valence-electron chi connectivity index (χ2n) is 6.76. The maximum atomic E-state index is 12.7. The average molecular weight is 353 g/mol. The van der Waals surface area contributed by atoms with Gasteiger partial charge in [-0.05, 0) is 49.9 Å². The van der Waals surface area contributed by atoms with Gasteiger partial charge in [0.1, 0.15) is 5.75 Å². The highest BCUT2D eigenvalue weighted by Gasteiger charge is 2.31. The van der Waals surface area contributed by atoms with Crippen LogP contribution in [-0.2, 0) is 0 Å². The number of hydrogen-bond donors (Lipinski definition) is 1. The highest BCUT2D eigenvalue weighted by molar-refractivity contribution is 5.94. The molecule has 2 heterocycles. The van der Waals surface area contributed by atoms with E-state index in [2.05, 4.69) is 12.2 Å². The van der Waals surface area contributed by atoms with Crippen molar-refractivity contribution in [2.24, 2.45) is 0 Å². The first kappa shape index (κ1) is 19.1. The van der Waals surface area contributed by atoms with Crippen LogP contribution >= 0.6 is 12.4 Å². The Labute approximate surface area is 151 Å². The van der Waals surface area contributed by atoms with Crippen molar-refractivity contribution in [3.05, 3.63) is 29.8 Å². The zero-order valence-electron chi connectivity index (χ0n) is 14.5. The summed E-state index contributed by atoms with van der Waals surface area (Å²) in [6.45, 7) is 4.64. The molecule has 5 heteroatoms.